The Balaban J connectivity index is 1.95. The van der Waals surface area contributed by atoms with Gasteiger partial charge in [0.2, 0.25) is 0 Å². The molecule has 1 aromatic carbocycles. The van der Waals surface area contributed by atoms with Crippen molar-refractivity contribution in [3.8, 4) is 0 Å². The zero-order valence-corrected chi connectivity index (χ0v) is 12.1. The van der Waals surface area contributed by atoms with Crippen LogP contribution in [0.4, 0.5) is 5.69 Å². The number of amides is 1. The minimum atomic E-state index is 0.0586. The first-order valence-corrected chi connectivity index (χ1v) is 7.42. The second-order valence-electron chi connectivity index (χ2n) is 5.47. The second-order valence-corrected chi connectivity index (χ2v) is 6.53. The summed E-state index contributed by atoms with van der Waals surface area (Å²) in [4.78, 5) is 14.9. The van der Waals surface area contributed by atoms with Crippen LogP contribution in [-0.4, -0.2) is 24.4 Å². The molecule has 0 bridgehead atoms. The Morgan fingerprint density at radius 2 is 2.21 bits per heavy atom. The van der Waals surface area contributed by atoms with Crippen molar-refractivity contribution in [2.75, 3.05) is 19.3 Å². The average molecular weight is 274 g/mol. The van der Waals surface area contributed by atoms with Gasteiger partial charge in [-0.3, -0.25) is 4.79 Å². The molecule has 3 rings (SSSR count). The van der Waals surface area contributed by atoms with E-state index in [4.69, 9.17) is 5.73 Å². The number of rotatable bonds is 3. The number of nitrogens with zero attached hydrogens (tertiary/aromatic N) is 1. The smallest absolute Gasteiger partial charge is 0.265 e. The Kier molecular flexibility index (Phi) is 2.97. The van der Waals surface area contributed by atoms with Crippen LogP contribution in [0.3, 0.4) is 0 Å². The maximum Gasteiger partial charge on any atom is 0.265 e. The fraction of sp³-hybridized carbons (Fsp3) is 0.400. The number of aryl methyl sites for hydroxylation is 1. The Morgan fingerprint density at radius 1 is 1.47 bits per heavy atom. The van der Waals surface area contributed by atoms with E-state index in [1.807, 2.05) is 24.9 Å². The van der Waals surface area contributed by atoms with Crippen molar-refractivity contribution >= 4 is 33.0 Å². The molecule has 1 saturated carbocycles. The predicted molar refractivity (Wildman–Crippen MR) is 80.7 cm³/mol. The van der Waals surface area contributed by atoms with E-state index in [-0.39, 0.29) is 5.91 Å². The second kappa shape index (κ2) is 4.53. The van der Waals surface area contributed by atoms with Crippen molar-refractivity contribution in [2.24, 2.45) is 5.92 Å². The molecule has 0 spiro atoms. The van der Waals surface area contributed by atoms with Gasteiger partial charge in [-0.15, -0.1) is 11.3 Å². The molecule has 19 heavy (non-hydrogen) atoms. The van der Waals surface area contributed by atoms with Gasteiger partial charge in [0.15, 0.2) is 0 Å². The highest BCUT2D eigenvalue weighted by Crippen LogP contribution is 2.36. The zero-order chi connectivity index (χ0) is 13.6. The summed E-state index contributed by atoms with van der Waals surface area (Å²) in [5.41, 5.74) is 7.96. The van der Waals surface area contributed by atoms with Gasteiger partial charge in [0.05, 0.1) is 5.69 Å². The predicted octanol–water partition coefficient (Wildman–Crippen LogP) is 3.27. The van der Waals surface area contributed by atoms with E-state index in [2.05, 4.69) is 12.1 Å². The van der Waals surface area contributed by atoms with E-state index in [0.29, 0.717) is 16.5 Å². The Labute approximate surface area is 117 Å². The minimum Gasteiger partial charge on any atom is -0.397 e. The molecule has 1 aliphatic rings. The van der Waals surface area contributed by atoms with Crippen LogP contribution in [0.5, 0.6) is 0 Å². The van der Waals surface area contributed by atoms with E-state index in [1.54, 1.807) is 0 Å². The van der Waals surface area contributed by atoms with Gasteiger partial charge < -0.3 is 10.6 Å². The molecular weight excluding hydrogens is 256 g/mol. The maximum absolute atomic E-state index is 12.4. The lowest BCUT2D eigenvalue weighted by molar-refractivity contribution is 0.0794. The molecule has 1 heterocycles. The highest BCUT2D eigenvalue weighted by molar-refractivity contribution is 7.21. The molecule has 2 aromatic rings. The number of carbonyl (C=O) groups excluding carboxylic acids is 1. The van der Waals surface area contributed by atoms with Gasteiger partial charge >= 0.3 is 0 Å². The molecule has 1 amide bonds. The third-order valence-corrected chi connectivity index (χ3v) is 4.83. The summed E-state index contributed by atoms with van der Waals surface area (Å²) < 4.78 is 1.09. The summed E-state index contributed by atoms with van der Waals surface area (Å²) in [6, 6.07) is 6.16. The monoisotopic (exact) mass is 274 g/mol. The number of nitrogens with two attached hydrogens (primary N) is 1. The lowest BCUT2D eigenvalue weighted by Crippen LogP contribution is -2.28. The minimum absolute atomic E-state index is 0.0586. The van der Waals surface area contributed by atoms with Crippen molar-refractivity contribution in [1.82, 2.24) is 4.90 Å². The molecule has 1 aliphatic carbocycles. The lowest BCUT2D eigenvalue weighted by Gasteiger charge is -2.15. The van der Waals surface area contributed by atoms with Gasteiger partial charge in [0, 0.05) is 23.7 Å². The molecule has 0 atom stereocenters. The molecule has 2 N–H and O–H groups in total. The number of carbonyl (C=O) groups is 1. The van der Waals surface area contributed by atoms with Crippen LogP contribution < -0.4 is 5.73 Å². The molecule has 4 heteroatoms. The number of hydrogen-bond donors (Lipinski definition) is 1. The van der Waals surface area contributed by atoms with Crippen LogP contribution in [-0.2, 0) is 0 Å². The van der Waals surface area contributed by atoms with Crippen LogP contribution in [0.2, 0.25) is 0 Å². The Morgan fingerprint density at radius 3 is 2.89 bits per heavy atom. The van der Waals surface area contributed by atoms with Crippen LogP contribution in [0.15, 0.2) is 18.2 Å². The van der Waals surface area contributed by atoms with Gasteiger partial charge in [-0.25, -0.2) is 0 Å². The molecule has 0 saturated heterocycles. The Hall–Kier alpha value is -1.55. The average Bonchev–Trinajstić information content (AvgIpc) is 3.14. The van der Waals surface area contributed by atoms with Gasteiger partial charge in [-0.1, -0.05) is 11.6 Å². The summed E-state index contributed by atoms with van der Waals surface area (Å²) in [5, 5.41) is 1.01. The Bertz CT molecular complexity index is 643. The number of hydrogen-bond acceptors (Lipinski definition) is 3. The summed E-state index contributed by atoms with van der Waals surface area (Å²) in [6.07, 6.45) is 2.50. The van der Waals surface area contributed by atoms with Gasteiger partial charge in [0.1, 0.15) is 4.88 Å². The van der Waals surface area contributed by atoms with Crippen LogP contribution >= 0.6 is 11.3 Å². The summed E-state index contributed by atoms with van der Waals surface area (Å²) >= 11 is 1.50. The number of nitrogen functional groups attached to an aromatic ring is 1. The molecule has 1 fully saturated rings. The molecule has 3 nitrogen and oxygen atoms in total. The van der Waals surface area contributed by atoms with E-state index in [1.165, 1.54) is 29.7 Å². The van der Waals surface area contributed by atoms with Crippen LogP contribution in [0, 0.1) is 12.8 Å². The fourth-order valence-corrected chi connectivity index (χ4v) is 3.43. The van der Waals surface area contributed by atoms with Crippen molar-refractivity contribution in [1.29, 1.82) is 0 Å². The van der Waals surface area contributed by atoms with E-state index in [0.717, 1.165) is 16.6 Å². The first kappa shape index (κ1) is 12.5. The number of benzene rings is 1. The van der Waals surface area contributed by atoms with E-state index >= 15 is 0 Å². The fourth-order valence-electron chi connectivity index (χ4n) is 2.33. The van der Waals surface area contributed by atoms with E-state index in [9.17, 15) is 4.79 Å². The lowest BCUT2D eigenvalue weighted by atomic mass is 10.1. The van der Waals surface area contributed by atoms with Crippen molar-refractivity contribution in [2.45, 2.75) is 19.8 Å². The largest absolute Gasteiger partial charge is 0.397 e. The highest BCUT2D eigenvalue weighted by atomic mass is 32.1. The first-order chi connectivity index (χ1) is 9.06. The normalized spacial score (nSPS) is 14.8. The molecule has 0 radical (unpaired) electrons. The molecule has 0 aliphatic heterocycles. The van der Waals surface area contributed by atoms with Crippen LogP contribution in [0.25, 0.3) is 10.1 Å². The molecule has 100 valence electrons. The van der Waals surface area contributed by atoms with E-state index < -0.39 is 0 Å². The van der Waals surface area contributed by atoms with Gasteiger partial charge in [-0.05, 0) is 37.8 Å². The first-order valence-electron chi connectivity index (χ1n) is 6.60. The summed E-state index contributed by atoms with van der Waals surface area (Å²) in [6.45, 7) is 2.89. The third-order valence-electron chi connectivity index (χ3n) is 3.65. The number of fused-ring (bicyclic) bond motifs is 1. The quantitative estimate of drug-likeness (QED) is 0.933. The van der Waals surface area contributed by atoms with Crippen molar-refractivity contribution in [3.63, 3.8) is 0 Å². The number of thiophene rings is 1. The summed E-state index contributed by atoms with van der Waals surface area (Å²) in [5.74, 6) is 0.759. The summed E-state index contributed by atoms with van der Waals surface area (Å²) in [7, 11) is 1.87. The maximum atomic E-state index is 12.4. The molecule has 1 aromatic heterocycles. The SMILES string of the molecule is Cc1ccc2sc(C(=O)N(C)CC3CC3)c(N)c2c1. The highest BCUT2D eigenvalue weighted by Gasteiger charge is 2.27. The number of anilines is 1. The van der Waals surface area contributed by atoms with Crippen LogP contribution in [0.1, 0.15) is 28.1 Å². The standard InChI is InChI=1S/C15H18N2OS/c1-9-3-6-12-11(7-9)13(16)14(19-12)15(18)17(2)8-10-4-5-10/h3,6-7,10H,4-5,8,16H2,1-2H3. The third kappa shape index (κ3) is 2.32. The zero-order valence-electron chi connectivity index (χ0n) is 11.3. The van der Waals surface area contributed by atoms with Gasteiger partial charge in [-0.2, -0.15) is 0 Å². The van der Waals surface area contributed by atoms with Gasteiger partial charge in [0.25, 0.3) is 5.91 Å². The van der Waals surface area contributed by atoms with Crippen molar-refractivity contribution < 1.29 is 4.79 Å². The molecule has 0 unspecified atom stereocenters. The molecular formula is C15H18N2OS. The van der Waals surface area contributed by atoms with Crippen molar-refractivity contribution in [3.05, 3.63) is 28.6 Å². The topological polar surface area (TPSA) is 46.3 Å².